The molecule has 2 aliphatic carbocycles. The fourth-order valence-electron chi connectivity index (χ4n) is 4.95. The van der Waals surface area contributed by atoms with E-state index >= 15 is 0 Å². The number of hydrogen-bond acceptors (Lipinski definition) is 3. The predicted molar refractivity (Wildman–Crippen MR) is 83.0 cm³/mol. The number of hydrogen-bond donors (Lipinski definition) is 1. The number of nitrogens with zero attached hydrogens (tertiary/aromatic N) is 3. The van der Waals surface area contributed by atoms with E-state index in [0.717, 1.165) is 30.6 Å². The van der Waals surface area contributed by atoms with E-state index < -0.39 is 0 Å². The lowest BCUT2D eigenvalue weighted by atomic mass is 9.69. The predicted octanol–water partition coefficient (Wildman–Crippen LogP) is 3.23. The molecule has 2 heterocycles. The SMILES string of the molecule is CC(NC1CCC2CCCCC2C1)c1nnc2n1CCC2. The summed E-state index contributed by atoms with van der Waals surface area (Å²) in [5, 5.41) is 12.6. The molecule has 0 radical (unpaired) electrons. The summed E-state index contributed by atoms with van der Waals surface area (Å²) in [7, 11) is 0. The van der Waals surface area contributed by atoms with Crippen molar-refractivity contribution < 1.29 is 0 Å². The first kappa shape index (κ1) is 13.7. The summed E-state index contributed by atoms with van der Waals surface area (Å²) in [5.74, 6) is 4.37. The van der Waals surface area contributed by atoms with Crippen molar-refractivity contribution in [3.63, 3.8) is 0 Å². The van der Waals surface area contributed by atoms with Crippen molar-refractivity contribution in [2.75, 3.05) is 0 Å². The summed E-state index contributed by atoms with van der Waals surface area (Å²) in [6.45, 7) is 3.38. The molecule has 4 nitrogen and oxygen atoms in total. The first-order chi connectivity index (χ1) is 10.3. The molecule has 0 bridgehead atoms. The summed E-state index contributed by atoms with van der Waals surface area (Å²) < 4.78 is 2.34. The van der Waals surface area contributed by atoms with Gasteiger partial charge in [0.1, 0.15) is 11.6 Å². The highest BCUT2D eigenvalue weighted by Gasteiger charge is 2.33. The van der Waals surface area contributed by atoms with Crippen LogP contribution < -0.4 is 5.32 Å². The van der Waals surface area contributed by atoms with Crippen molar-refractivity contribution in [1.29, 1.82) is 0 Å². The van der Waals surface area contributed by atoms with E-state index in [1.54, 1.807) is 0 Å². The first-order valence-electron chi connectivity index (χ1n) is 8.99. The van der Waals surface area contributed by atoms with Gasteiger partial charge in [-0.2, -0.15) is 0 Å². The topological polar surface area (TPSA) is 42.7 Å². The van der Waals surface area contributed by atoms with Crippen LogP contribution in [-0.2, 0) is 13.0 Å². The fourth-order valence-corrected chi connectivity index (χ4v) is 4.95. The molecule has 4 heteroatoms. The summed E-state index contributed by atoms with van der Waals surface area (Å²) in [4.78, 5) is 0. The van der Waals surface area contributed by atoms with Crippen LogP contribution >= 0.6 is 0 Å². The van der Waals surface area contributed by atoms with Gasteiger partial charge in [0.25, 0.3) is 0 Å². The van der Waals surface area contributed by atoms with Crippen LogP contribution in [0.2, 0.25) is 0 Å². The Morgan fingerprint density at radius 3 is 2.81 bits per heavy atom. The smallest absolute Gasteiger partial charge is 0.149 e. The largest absolute Gasteiger partial charge is 0.314 e. The maximum Gasteiger partial charge on any atom is 0.149 e. The third-order valence-electron chi connectivity index (χ3n) is 6.05. The second kappa shape index (κ2) is 5.71. The molecule has 4 atom stereocenters. The van der Waals surface area contributed by atoms with Crippen LogP contribution in [0.3, 0.4) is 0 Å². The van der Waals surface area contributed by atoms with Gasteiger partial charge in [0.15, 0.2) is 0 Å². The van der Waals surface area contributed by atoms with Gasteiger partial charge in [-0.25, -0.2) is 0 Å². The second-order valence-electron chi connectivity index (χ2n) is 7.43. The van der Waals surface area contributed by atoms with Crippen LogP contribution in [0.15, 0.2) is 0 Å². The standard InChI is InChI=1S/C17H28N4/c1-12(17-20-19-16-7-4-10-21(16)17)18-15-9-8-13-5-2-3-6-14(13)11-15/h12-15,18H,2-11H2,1H3. The van der Waals surface area contributed by atoms with E-state index in [0.29, 0.717) is 12.1 Å². The summed E-state index contributed by atoms with van der Waals surface area (Å²) in [6.07, 6.45) is 12.4. The van der Waals surface area contributed by atoms with Crippen LogP contribution in [0.25, 0.3) is 0 Å². The molecular formula is C17H28N4. The molecule has 0 aromatic carbocycles. The van der Waals surface area contributed by atoms with Gasteiger partial charge in [-0.15, -0.1) is 10.2 Å². The molecule has 1 N–H and O–H groups in total. The Balaban J connectivity index is 1.39. The summed E-state index contributed by atoms with van der Waals surface area (Å²) in [6, 6.07) is 1.03. The zero-order valence-corrected chi connectivity index (χ0v) is 13.2. The van der Waals surface area contributed by atoms with Crippen LogP contribution in [0.1, 0.15) is 76.0 Å². The third-order valence-corrected chi connectivity index (χ3v) is 6.05. The zero-order valence-electron chi connectivity index (χ0n) is 13.2. The number of nitrogens with one attached hydrogen (secondary N) is 1. The molecule has 0 spiro atoms. The van der Waals surface area contributed by atoms with Crippen LogP contribution in [0, 0.1) is 11.8 Å². The molecule has 1 aliphatic heterocycles. The zero-order chi connectivity index (χ0) is 14.2. The maximum atomic E-state index is 4.44. The minimum absolute atomic E-state index is 0.342. The van der Waals surface area contributed by atoms with Gasteiger partial charge in [-0.1, -0.05) is 25.7 Å². The molecule has 0 amide bonds. The average Bonchev–Trinajstić information content (AvgIpc) is 3.09. The van der Waals surface area contributed by atoms with Crippen molar-refractivity contribution >= 4 is 0 Å². The number of rotatable bonds is 3. The molecule has 1 aromatic heterocycles. The van der Waals surface area contributed by atoms with Gasteiger partial charge in [0.2, 0.25) is 0 Å². The summed E-state index contributed by atoms with van der Waals surface area (Å²) in [5.41, 5.74) is 0. The Labute approximate surface area is 127 Å². The number of fused-ring (bicyclic) bond motifs is 2. The van der Waals surface area contributed by atoms with Crippen LogP contribution in [0.4, 0.5) is 0 Å². The van der Waals surface area contributed by atoms with Crippen molar-refractivity contribution in [3.8, 4) is 0 Å². The molecule has 4 unspecified atom stereocenters. The van der Waals surface area contributed by atoms with E-state index in [1.807, 2.05) is 0 Å². The Hall–Kier alpha value is -0.900. The van der Waals surface area contributed by atoms with Crippen LogP contribution in [-0.4, -0.2) is 20.8 Å². The minimum Gasteiger partial charge on any atom is -0.314 e. The van der Waals surface area contributed by atoms with E-state index in [4.69, 9.17) is 0 Å². The lowest BCUT2D eigenvalue weighted by Crippen LogP contribution is -2.40. The molecule has 3 aliphatic rings. The maximum absolute atomic E-state index is 4.44. The number of aromatic nitrogens is 3. The molecule has 21 heavy (non-hydrogen) atoms. The third kappa shape index (κ3) is 2.63. The molecule has 4 rings (SSSR count). The first-order valence-corrected chi connectivity index (χ1v) is 8.99. The lowest BCUT2D eigenvalue weighted by molar-refractivity contribution is 0.138. The lowest BCUT2D eigenvalue weighted by Gasteiger charge is -2.40. The average molecular weight is 288 g/mol. The molecule has 0 saturated heterocycles. The van der Waals surface area contributed by atoms with Crippen molar-refractivity contribution in [3.05, 3.63) is 11.6 Å². The van der Waals surface area contributed by atoms with E-state index in [1.165, 1.54) is 57.2 Å². The Kier molecular flexibility index (Phi) is 3.74. The van der Waals surface area contributed by atoms with Crippen LogP contribution in [0.5, 0.6) is 0 Å². The minimum atomic E-state index is 0.342. The van der Waals surface area contributed by atoms with Crippen molar-refractivity contribution in [2.45, 2.75) is 83.3 Å². The van der Waals surface area contributed by atoms with Gasteiger partial charge in [-0.3, -0.25) is 0 Å². The van der Waals surface area contributed by atoms with Crippen molar-refractivity contribution in [1.82, 2.24) is 20.1 Å². The second-order valence-corrected chi connectivity index (χ2v) is 7.43. The van der Waals surface area contributed by atoms with E-state index in [9.17, 15) is 0 Å². The van der Waals surface area contributed by atoms with Gasteiger partial charge in [-0.05, 0) is 44.4 Å². The highest BCUT2D eigenvalue weighted by Crippen LogP contribution is 2.40. The number of aryl methyl sites for hydroxylation is 1. The molecular weight excluding hydrogens is 260 g/mol. The van der Waals surface area contributed by atoms with Gasteiger partial charge >= 0.3 is 0 Å². The quantitative estimate of drug-likeness (QED) is 0.928. The highest BCUT2D eigenvalue weighted by atomic mass is 15.3. The van der Waals surface area contributed by atoms with Gasteiger partial charge < -0.3 is 9.88 Å². The summed E-state index contributed by atoms with van der Waals surface area (Å²) >= 11 is 0. The Bertz CT molecular complexity index is 495. The normalized spacial score (nSPS) is 33.5. The molecule has 1 aromatic rings. The monoisotopic (exact) mass is 288 g/mol. The van der Waals surface area contributed by atoms with Gasteiger partial charge in [0.05, 0.1) is 6.04 Å². The fraction of sp³-hybridized carbons (Fsp3) is 0.882. The molecule has 116 valence electrons. The van der Waals surface area contributed by atoms with Crippen molar-refractivity contribution in [2.24, 2.45) is 11.8 Å². The van der Waals surface area contributed by atoms with E-state index in [-0.39, 0.29) is 0 Å². The van der Waals surface area contributed by atoms with Gasteiger partial charge in [0, 0.05) is 19.0 Å². The highest BCUT2D eigenvalue weighted by molar-refractivity contribution is 5.04. The Morgan fingerprint density at radius 2 is 1.90 bits per heavy atom. The molecule has 2 fully saturated rings. The molecule has 2 saturated carbocycles. The van der Waals surface area contributed by atoms with E-state index in [2.05, 4.69) is 27.0 Å². The Morgan fingerprint density at radius 1 is 1.05 bits per heavy atom.